The van der Waals surface area contributed by atoms with Crippen LogP contribution in [0.1, 0.15) is 11.1 Å². The van der Waals surface area contributed by atoms with Crippen LogP contribution in [0.3, 0.4) is 0 Å². The van der Waals surface area contributed by atoms with Crippen LogP contribution >= 0.6 is 15.9 Å². The Morgan fingerprint density at radius 2 is 1.80 bits per heavy atom. The highest BCUT2D eigenvalue weighted by Crippen LogP contribution is 2.25. The second-order valence-corrected chi connectivity index (χ2v) is 3.17. The number of phenolic OH excluding ortho intramolecular Hbond substituents is 1. The van der Waals surface area contributed by atoms with Gasteiger partial charge >= 0.3 is 0 Å². The van der Waals surface area contributed by atoms with Gasteiger partial charge in [0, 0.05) is 4.47 Å². The number of hydrogen-bond donors (Lipinski definition) is 1. The third-order valence-corrected chi connectivity index (χ3v) is 2.55. The van der Waals surface area contributed by atoms with Crippen molar-refractivity contribution in [1.82, 2.24) is 0 Å². The number of benzene rings is 1. The quantitative estimate of drug-likeness (QED) is 0.684. The first-order valence-corrected chi connectivity index (χ1v) is 3.87. The molecule has 0 radical (unpaired) electrons. The molecular formula is C8H9BrO. The second-order valence-electron chi connectivity index (χ2n) is 2.32. The van der Waals surface area contributed by atoms with Crippen molar-refractivity contribution >= 4 is 15.9 Å². The van der Waals surface area contributed by atoms with E-state index in [0.717, 1.165) is 15.6 Å². The van der Waals surface area contributed by atoms with E-state index < -0.39 is 0 Å². The van der Waals surface area contributed by atoms with Crippen molar-refractivity contribution in [2.75, 3.05) is 0 Å². The maximum Gasteiger partial charge on any atom is 0.118 e. The number of phenols is 1. The summed E-state index contributed by atoms with van der Waals surface area (Å²) < 4.78 is 1.04. The van der Waals surface area contributed by atoms with Gasteiger partial charge in [-0.15, -0.1) is 0 Å². The monoisotopic (exact) mass is 200 g/mol. The van der Waals surface area contributed by atoms with Crippen molar-refractivity contribution in [3.63, 3.8) is 0 Å². The van der Waals surface area contributed by atoms with Gasteiger partial charge in [0.25, 0.3) is 0 Å². The van der Waals surface area contributed by atoms with E-state index in [2.05, 4.69) is 15.9 Å². The van der Waals surface area contributed by atoms with Crippen LogP contribution in [0.2, 0.25) is 0 Å². The molecule has 1 rings (SSSR count). The predicted octanol–water partition coefficient (Wildman–Crippen LogP) is 2.77. The SMILES string of the molecule is Cc1c(O)ccc(Br)c1C. The molecule has 0 spiro atoms. The Balaban J connectivity index is 3.34. The lowest BCUT2D eigenvalue weighted by Crippen LogP contribution is -1.81. The fraction of sp³-hybridized carbons (Fsp3) is 0.250. The van der Waals surface area contributed by atoms with Crippen molar-refractivity contribution < 1.29 is 5.11 Å². The molecule has 0 saturated carbocycles. The Morgan fingerprint density at radius 1 is 1.20 bits per heavy atom. The van der Waals surface area contributed by atoms with Crippen molar-refractivity contribution in [3.8, 4) is 5.75 Å². The molecule has 0 aliphatic heterocycles. The van der Waals surface area contributed by atoms with Gasteiger partial charge in [-0.25, -0.2) is 0 Å². The summed E-state index contributed by atoms with van der Waals surface area (Å²) in [5.41, 5.74) is 2.04. The van der Waals surface area contributed by atoms with E-state index in [4.69, 9.17) is 0 Å². The third kappa shape index (κ3) is 1.16. The number of hydrogen-bond acceptors (Lipinski definition) is 1. The fourth-order valence-corrected chi connectivity index (χ4v) is 1.20. The molecule has 0 amide bonds. The molecule has 10 heavy (non-hydrogen) atoms. The van der Waals surface area contributed by atoms with Crippen molar-refractivity contribution in [2.24, 2.45) is 0 Å². The first-order chi connectivity index (χ1) is 4.63. The van der Waals surface area contributed by atoms with E-state index in [0.29, 0.717) is 5.75 Å². The summed E-state index contributed by atoms with van der Waals surface area (Å²) in [6.07, 6.45) is 0. The Morgan fingerprint density at radius 3 is 2.30 bits per heavy atom. The van der Waals surface area contributed by atoms with Crippen LogP contribution in [0.4, 0.5) is 0 Å². The van der Waals surface area contributed by atoms with Crippen molar-refractivity contribution in [2.45, 2.75) is 13.8 Å². The molecule has 0 bridgehead atoms. The number of halogens is 1. The molecule has 54 valence electrons. The molecule has 2 heteroatoms. The van der Waals surface area contributed by atoms with Crippen LogP contribution in [0.5, 0.6) is 5.75 Å². The smallest absolute Gasteiger partial charge is 0.118 e. The molecule has 0 heterocycles. The predicted molar refractivity (Wildman–Crippen MR) is 45.3 cm³/mol. The van der Waals surface area contributed by atoms with E-state index in [-0.39, 0.29) is 0 Å². The summed E-state index contributed by atoms with van der Waals surface area (Å²) >= 11 is 3.37. The molecule has 1 aromatic carbocycles. The van der Waals surface area contributed by atoms with E-state index >= 15 is 0 Å². The zero-order valence-electron chi connectivity index (χ0n) is 5.98. The molecule has 0 aliphatic carbocycles. The van der Waals surface area contributed by atoms with E-state index in [1.807, 2.05) is 19.9 Å². The summed E-state index contributed by atoms with van der Waals surface area (Å²) in [6, 6.07) is 3.53. The lowest BCUT2D eigenvalue weighted by atomic mass is 10.1. The van der Waals surface area contributed by atoms with Gasteiger partial charge in [0.05, 0.1) is 0 Å². The van der Waals surface area contributed by atoms with Crippen LogP contribution in [0.15, 0.2) is 16.6 Å². The molecule has 0 atom stereocenters. The van der Waals surface area contributed by atoms with Gasteiger partial charge in [-0.1, -0.05) is 15.9 Å². The highest BCUT2D eigenvalue weighted by Gasteiger charge is 2.01. The Bertz CT molecular complexity index is 229. The highest BCUT2D eigenvalue weighted by atomic mass is 79.9. The van der Waals surface area contributed by atoms with Crippen LogP contribution in [0, 0.1) is 13.8 Å². The first-order valence-electron chi connectivity index (χ1n) is 3.07. The van der Waals surface area contributed by atoms with Gasteiger partial charge in [0.2, 0.25) is 0 Å². The van der Waals surface area contributed by atoms with Crippen molar-refractivity contribution in [1.29, 1.82) is 0 Å². The topological polar surface area (TPSA) is 20.2 Å². The average molecular weight is 201 g/mol. The molecule has 0 fully saturated rings. The lowest BCUT2D eigenvalue weighted by Gasteiger charge is -2.03. The molecule has 0 aliphatic rings. The van der Waals surface area contributed by atoms with E-state index in [1.54, 1.807) is 6.07 Å². The standard InChI is InChI=1S/C8H9BrO/c1-5-6(2)8(10)4-3-7(5)9/h3-4,10H,1-2H3. The Kier molecular flexibility index (Phi) is 2.00. The Labute approximate surface area is 68.8 Å². The minimum absolute atomic E-state index is 0.362. The van der Waals surface area contributed by atoms with Gasteiger partial charge in [-0.05, 0) is 37.1 Å². The van der Waals surface area contributed by atoms with Crippen LogP contribution in [-0.4, -0.2) is 5.11 Å². The summed E-state index contributed by atoms with van der Waals surface area (Å²) in [5, 5.41) is 9.20. The largest absolute Gasteiger partial charge is 0.508 e. The van der Waals surface area contributed by atoms with Crippen LogP contribution in [0.25, 0.3) is 0 Å². The molecule has 1 nitrogen and oxygen atoms in total. The maximum absolute atomic E-state index is 9.20. The Hall–Kier alpha value is -0.500. The summed E-state index contributed by atoms with van der Waals surface area (Å²) in [7, 11) is 0. The number of rotatable bonds is 0. The first kappa shape index (κ1) is 7.61. The summed E-state index contributed by atoms with van der Waals surface area (Å²) in [6.45, 7) is 3.87. The lowest BCUT2D eigenvalue weighted by molar-refractivity contribution is 0.470. The van der Waals surface area contributed by atoms with Gasteiger partial charge in [0.1, 0.15) is 5.75 Å². The zero-order valence-corrected chi connectivity index (χ0v) is 7.57. The highest BCUT2D eigenvalue weighted by molar-refractivity contribution is 9.10. The normalized spacial score (nSPS) is 9.90. The molecule has 0 aromatic heterocycles. The molecule has 1 N–H and O–H groups in total. The minimum Gasteiger partial charge on any atom is -0.508 e. The van der Waals surface area contributed by atoms with Crippen LogP contribution < -0.4 is 0 Å². The third-order valence-electron chi connectivity index (χ3n) is 1.69. The van der Waals surface area contributed by atoms with E-state index in [9.17, 15) is 5.11 Å². The van der Waals surface area contributed by atoms with E-state index in [1.165, 1.54) is 0 Å². The second kappa shape index (κ2) is 2.62. The molecule has 0 unspecified atom stereocenters. The summed E-state index contributed by atoms with van der Waals surface area (Å²) in [5.74, 6) is 0.362. The van der Waals surface area contributed by atoms with Gasteiger partial charge < -0.3 is 5.11 Å². The minimum atomic E-state index is 0.362. The maximum atomic E-state index is 9.20. The van der Waals surface area contributed by atoms with Gasteiger partial charge in [-0.3, -0.25) is 0 Å². The summed E-state index contributed by atoms with van der Waals surface area (Å²) in [4.78, 5) is 0. The molecule has 1 aromatic rings. The number of aromatic hydroxyl groups is 1. The van der Waals surface area contributed by atoms with Crippen LogP contribution in [-0.2, 0) is 0 Å². The van der Waals surface area contributed by atoms with Crippen molar-refractivity contribution in [3.05, 3.63) is 27.7 Å². The average Bonchev–Trinajstić information content (AvgIpc) is 1.93. The fourth-order valence-electron chi connectivity index (χ4n) is 0.773. The van der Waals surface area contributed by atoms with Gasteiger partial charge in [0.15, 0.2) is 0 Å². The van der Waals surface area contributed by atoms with Gasteiger partial charge in [-0.2, -0.15) is 0 Å². The zero-order chi connectivity index (χ0) is 7.72. The molecular weight excluding hydrogens is 192 g/mol. The molecule has 0 saturated heterocycles.